The lowest BCUT2D eigenvalue weighted by Gasteiger charge is -2.15. The van der Waals surface area contributed by atoms with Crippen molar-refractivity contribution in [1.29, 1.82) is 0 Å². The molecule has 0 radical (unpaired) electrons. The van der Waals surface area contributed by atoms with Gasteiger partial charge in [0.05, 0.1) is 5.56 Å². The summed E-state index contributed by atoms with van der Waals surface area (Å²) >= 11 is 2.95. The van der Waals surface area contributed by atoms with Gasteiger partial charge in [-0.3, -0.25) is 0 Å². The molecule has 2 amide bonds. The van der Waals surface area contributed by atoms with E-state index >= 15 is 0 Å². The highest BCUT2D eigenvalue weighted by Gasteiger charge is 2.34. The van der Waals surface area contributed by atoms with Crippen LogP contribution in [0.25, 0.3) is 0 Å². The lowest BCUT2D eigenvalue weighted by molar-refractivity contribution is -0.137. The van der Waals surface area contributed by atoms with Gasteiger partial charge in [0.1, 0.15) is 5.82 Å². The van der Waals surface area contributed by atoms with Crippen molar-refractivity contribution in [2.24, 2.45) is 0 Å². The summed E-state index contributed by atoms with van der Waals surface area (Å²) in [4.78, 5) is 16.2. The minimum atomic E-state index is -4.49. The Morgan fingerprint density at radius 1 is 1.40 bits per heavy atom. The number of nitrogens with one attached hydrogen (secondary N) is 2. The quantitative estimate of drug-likeness (QED) is 0.817. The fourth-order valence-corrected chi connectivity index (χ4v) is 1.64. The molecule has 0 spiro atoms. The molecule has 2 N–H and O–H groups in total. The molecular weight excluding hydrogens is 341 g/mol. The molecule has 1 aromatic heterocycles. The van der Waals surface area contributed by atoms with E-state index in [0.717, 1.165) is 6.07 Å². The summed E-state index contributed by atoms with van der Waals surface area (Å²) in [7, 11) is 3.14. The third-order valence-electron chi connectivity index (χ3n) is 2.26. The lowest BCUT2D eigenvalue weighted by atomic mass is 10.2. The second-order valence-electron chi connectivity index (χ2n) is 4.10. The zero-order valence-electron chi connectivity index (χ0n) is 10.9. The second kappa shape index (κ2) is 6.78. The predicted molar refractivity (Wildman–Crippen MR) is 72.5 cm³/mol. The van der Waals surface area contributed by atoms with E-state index in [1.165, 1.54) is 11.1 Å². The Morgan fingerprint density at radius 2 is 2.05 bits per heavy atom. The van der Waals surface area contributed by atoms with Crippen molar-refractivity contribution in [3.63, 3.8) is 0 Å². The summed E-state index contributed by atoms with van der Waals surface area (Å²) in [6.07, 6.45) is -3.22. The van der Waals surface area contributed by atoms with Crippen molar-refractivity contribution in [2.45, 2.75) is 6.18 Å². The van der Waals surface area contributed by atoms with Crippen LogP contribution in [-0.2, 0) is 6.18 Å². The molecule has 9 heteroatoms. The third-order valence-corrected chi connectivity index (χ3v) is 2.69. The summed E-state index contributed by atoms with van der Waals surface area (Å²) in [5, 5.41) is 5.08. The number of alkyl halides is 3. The summed E-state index contributed by atoms with van der Waals surface area (Å²) < 4.78 is 38.6. The number of amides is 2. The Morgan fingerprint density at radius 3 is 2.60 bits per heavy atom. The Kier molecular flexibility index (Phi) is 5.61. The van der Waals surface area contributed by atoms with Gasteiger partial charge in [-0.05, 0) is 22.0 Å². The first-order chi connectivity index (χ1) is 9.21. The summed E-state index contributed by atoms with van der Waals surface area (Å²) in [5.74, 6) is -0.264. The maximum atomic E-state index is 12.8. The van der Waals surface area contributed by atoms with Gasteiger partial charge in [0, 0.05) is 37.9 Å². The molecule has 0 atom stereocenters. The first kappa shape index (κ1) is 16.5. The van der Waals surface area contributed by atoms with E-state index in [4.69, 9.17) is 0 Å². The van der Waals surface area contributed by atoms with Gasteiger partial charge in [0.2, 0.25) is 0 Å². The maximum absolute atomic E-state index is 12.8. The van der Waals surface area contributed by atoms with E-state index in [0.29, 0.717) is 0 Å². The average Bonchev–Trinajstić information content (AvgIpc) is 2.34. The number of hydrogen-bond acceptors (Lipinski definition) is 3. The van der Waals surface area contributed by atoms with Gasteiger partial charge >= 0.3 is 12.2 Å². The number of carbonyl (C=O) groups is 1. The lowest BCUT2D eigenvalue weighted by Crippen LogP contribution is -2.37. The minimum Gasteiger partial charge on any atom is -0.368 e. The van der Waals surface area contributed by atoms with Gasteiger partial charge in [0.25, 0.3) is 0 Å². The SMILES string of the molecule is CN(C)C(=O)NCCNc1ncc(Br)cc1C(F)(F)F. The molecule has 0 saturated heterocycles. The molecule has 1 rings (SSSR count). The van der Waals surface area contributed by atoms with Crippen LogP contribution in [0.5, 0.6) is 0 Å². The molecule has 20 heavy (non-hydrogen) atoms. The molecule has 0 bridgehead atoms. The van der Waals surface area contributed by atoms with E-state index in [1.54, 1.807) is 14.1 Å². The number of hydrogen-bond donors (Lipinski definition) is 2. The third kappa shape index (κ3) is 4.87. The molecular formula is C11H14BrF3N4O. The second-order valence-corrected chi connectivity index (χ2v) is 5.02. The molecule has 0 saturated carbocycles. The number of aromatic nitrogens is 1. The number of rotatable bonds is 4. The summed E-state index contributed by atoms with van der Waals surface area (Å²) in [6, 6.07) is 0.639. The van der Waals surface area contributed by atoms with E-state index in [2.05, 4.69) is 31.5 Å². The van der Waals surface area contributed by atoms with Crippen molar-refractivity contribution in [1.82, 2.24) is 15.2 Å². The largest absolute Gasteiger partial charge is 0.419 e. The monoisotopic (exact) mass is 354 g/mol. The standard InChI is InChI=1S/C11H14BrF3N4O/c1-19(2)10(20)17-4-3-16-9-8(11(13,14)15)5-7(12)6-18-9/h5-6H,3-4H2,1-2H3,(H,16,18)(H,17,20). The summed E-state index contributed by atoms with van der Waals surface area (Å²) in [5.41, 5.74) is -0.856. The van der Waals surface area contributed by atoms with E-state index < -0.39 is 11.7 Å². The highest BCUT2D eigenvalue weighted by Crippen LogP contribution is 2.35. The minimum absolute atomic E-state index is 0.136. The molecule has 0 unspecified atom stereocenters. The molecule has 0 fully saturated rings. The van der Waals surface area contributed by atoms with Crippen LogP contribution in [0.4, 0.5) is 23.8 Å². The summed E-state index contributed by atoms with van der Waals surface area (Å²) in [6.45, 7) is 0.323. The molecule has 0 aliphatic rings. The first-order valence-electron chi connectivity index (χ1n) is 5.63. The van der Waals surface area contributed by atoms with Crippen LogP contribution in [0, 0.1) is 0 Å². The van der Waals surface area contributed by atoms with Gasteiger partial charge in [-0.15, -0.1) is 0 Å². The van der Waals surface area contributed by atoms with Crippen molar-refractivity contribution >= 4 is 27.8 Å². The zero-order valence-corrected chi connectivity index (χ0v) is 12.5. The number of halogens is 4. The predicted octanol–water partition coefficient (Wildman–Crippen LogP) is 2.55. The number of anilines is 1. The van der Waals surface area contributed by atoms with Gasteiger partial charge in [-0.25, -0.2) is 9.78 Å². The smallest absolute Gasteiger partial charge is 0.368 e. The van der Waals surface area contributed by atoms with Crippen molar-refractivity contribution < 1.29 is 18.0 Å². The van der Waals surface area contributed by atoms with E-state index in [9.17, 15) is 18.0 Å². The van der Waals surface area contributed by atoms with E-state index in [-0.39, 0.29) is 29.4 Å². The van der Waals surface area contributed by atoms with Crippen LogP contribution >= 0.6 is 15.9 Å². The van der Waals surface area contributed by atoms with Crippen LogP contribution in [0.15, 0.2) is 16.7 Å². The van der Waals surface area contributed by atoms with Gasteiger partial charge in [0.15, 0.2) is 0 Å². The fourth-order valence-electron chi connectivity index (χ4n) is 1.30. The highest BCUT2D eigenvalue weighted by atomic mass is 79.9. The Bertz CT molecular complexity index is 479. The van der Waals surface area contributed by atoms with Crippen LogP contribution < -0.4 is 10.6 Å². The van der Waals surface area contributed by atoms with Crippen LogP contribution in [-0.4, -0.2) is 43.1 Å². The number of carbonyl (C=O) groups excluding carboxylic acids is 1. The fraction of sp³-hybridized carbons (Fsp3) is 0.455. The molecule has 0 aromatic carbocycles. The zero-order chi connectivity index (χ0) is 15.3. The molecule has 5 nitrogen and oxygen atoms in total. The number of pyridine rings is 1. The first-order valence-corrected chi connectivity index (χ1v) is 6.43. The maximum Gasteiger partial charge on any atom is 0.419 e. The van der Waals surface area contributed by atoms with Gasteiger partial charge in [-0.1, -0.05) is 0 Å². The topological polar surface area (TPSA) is 57.3 Å². The molecule has 0 aliphatic carbocycles. The molecule has 112 valence electrons. The average molecular weight is 355 g/mol. The van der Waals surface area contributed by atoms with Gasteiger partial charge < -0.3 is 15.5 Å². The Balaban J connectivity index is 2.63. The Hall–Kier alpha value is -1.51. The molecule has 0 aliphatic heterocycles. The number of urea groups is 1. The molecule has 1 aromatic rings. The van der Waals surface area contributed by atoms with Gasteiger partial charge in [-0.2, -0.15) is 13.2 Å². The van der Waals surface area contributed by atoms with Crippen molar-refractivity contribution in [3.8, 4) is 0 Å². The van der Waals surface area contributed by atoms with E-state index in [1.807, 2.05) is 0 Å². The number of nitrogens with zero attached hydrogens (tertiary/aromatic N) is 2. The highest BCUT2D eigenvalue weighted by molar-refractivity contribution is 9.10. The molecule has 1 heterocycles. The van der Waals surface area contributed by atoms with Crippen LogP contribution in [0.1, 0.15) is 5.56 Å². The van der Waals surface area contributed by atoms with Crippen LogP contribution in [0.2, 0.25) is 0 Å². The van der Waals surface area contributed by atoms with Crippen molar-refractivity contribution in [2.75, 3.05) is 32.5 Å². The Labute approximate surface area is 122 Å². The normalized spacial score (nSPS) is 11.1. The van der Waals surface area contributed by atoms with Crippen LogP contribution in [0.3, 0.4) is 0 Å². The van der Waals surface area contributed by atoms with Crippen molar-refractivity contribution in [3.05, 3.63) is 22.3 Å².